The van der Waals surface area contributed by atoms with Gasteiger partial charge in [-0.3, -0.25) is 4.90 Å². The van der Waals surface area contributed by atoms with E-state index in [1.807, 2.05) is 0 Å². The van der Waals surface area contributed by atoms with Crippen molar-refractivity contribution in [2.75, 3.05) is 13.1 Å². The SMILES string of the molecule is C1CCC(O[C@@H]2CCCC[C@@H]2N2CCN[C@@H]3CCCC[C@@H]32)C1. The lowest BCUT2D eigenvalue weighted by Gasteiger charge is -2.51. The summed E-state index contributed by atoms with van der Waals surface area (Å²) in [5, 5.41) is 3.80. The van der Waals surface area contributed by atoms with Crippen LogP contribution in [0.5, 0.6) is 0 Å². The minimum absolute atomic E-state index is 0.525. The van der Waals surface area contributed by atoms with Crippen molar-refractivity contribution in [3.05, 3.63) is 0 Å². The van der Waals surface area contributed by atoms with Crippen LogP contribution in [0.3, 0.4) is 0 Å². The van der Waals surface area contributed by atoms with E-state index in [1.165, 1.54) is 90.1 Å². The molecule has 0 aromatic heterocycles. The second kappa shape index (κ2) is 7.19. The lowest BCUT2D eigenvalue weighted by atomic mass is 9.83. The molecule has 0 bridgehead atoms. The molecule has 3 saturated carbocycles. The third-order valence-corrected chi connectivity index (χ3v) is 6.70. The monoisotopic (exact) mass is 306 g/mol. The first-order valence-corrected chi connectivity index (χ1v) is 10.1. The predicted molar refractivity (Wildman–Crippen MR) is 90.1 cm³/mol. The highest BCUT2D eigenvalue weighted by Crippen LogP contribution is 2.35. The molecule has 1 N–H and O–H groups in total. The van der Waals surface area contributed by atoms with Crippen LogP contribution in [-0.4, -0.2) is 48.3 Å². The number of hydrogen-bond donors (Lipinski definition) is 1. The summed E-state index contributed by atoms with van der Waals surface area (Å²) < 4.78 is 6.64. The Kier molecular flexibility index (Phi) is 5.04. The van der Waals surface area contributed by atoms with Gasteiger partial charge in [0.05, 0.1) is 12.2 Å². The Morgan fingerprint density at radius 3 is 2.27 bits per heavy atom. The predicted octanol–water partition coefficient (Wildman–Crippen LogP) is 3.47. The second-order valence-corrected chi connectivity index (χ2v) is 8.08. The van der Waals surface area contributed by atoms with Gasteiger partial charge in [-0.05, 0) is 38.5 Å². The number of rotatable bonds is 3. The summed E-state index contributed by atoms with van der Waals surface area (Å²) in [7, 11) is 0. The smallest absolute Gasteiger partial charge is 0.0734 e. The molecule has 0 radical (unpaired) electrons. The van der Waals surface area contributed by atoms with Gasteiger partial charge in [0.1, 0.15) is 0 Å². The zero-order valence-corrected chi connectivity index (χ0v) is 14.1. The van der Waals surface area contributed by atoms with E-state index in [2.05, 4.69) is 10.2 Å². The van der Waals surface area contributed by atoms with Gasteiger partial charge in [0, 0.05) is 31.2 Å². The van der Waals surface area contributed by atoms with Crippen molar-refractivity contribution >= 4 is 0 Å². The maximum absolute atomic E-state index is 6.64. The summed E-state index contributed by atoms with van der Waals surface area (Å²) >= 11 is 0. The topological polar surface area (TPSA) is 24.5 Å². The van der Waals surface area contributed by atoms with Crippen molar-refractivity contribution in [2.45, 2.75) is 107 Å². The van der Waals surface area contributed by atoms with Gasteiger partial charge in [-0.2, -0.15) is 0 Å². The molecule has 3 heteroatoms. The maximum Gasteiger partial charge on any atom is 0.0734 e. The van der Waals surface area contributed by atoms with Crippen LogP contribution in [0.25, 0.3) is 0 Å². The Labute approximate surface area is 136 Å². The fourth-order valence-electron chi connectivity index (χ4n) is 5.59. The van der Waals surface area contributed by atoms with E-state index in [9.17, 15) is 0 Å². The van der Waals surface area contributed by atoms with E-state index in [0.29, 0.717) is 18.2 Å². The first-order chi connectivity index (χ1) is 10.9. The van der Waals surface area contributed by atoms with Crippen molar-refractivity contribution in [3.8, 4) is 0 Å². The lowest BCUT2D eigenvalue weighted by molar-refractivity contribution is -0.0931. The molecule has 3 nitrogen and oxygen atoms in total. The number of piperazine rings is 1. The molecule has 1 saturated heterocycles. The summed E-state index contributed by atoms with van der Waals surface area (Å²) in [5.41, 5.74) is 0. The Bertz CT molecular complexity index is 353. The molecule has 4 atom stereocenters. The van der Waals surface area contributed by atoms with Gasteiger partial charge >= 0.3 is 0 Å². The van der Waals surface area contributed by atoms with Gasteiger partial charge in [-0.1, -0.05) is 38.5 Å². The molecule has 22 heavy (non-hydrogen) atoms. The van der Waals surface area contributed by atoms with Crippen LogP contribution in [0.15, 0.2) is 0 Å². The average molecular weight is 306 g/mol. The van der Waals surface area contributed by atoms with Crippen LogP contribution in [-0.2, 0) is 4.74 Å². The number of nitrogens with zero attached hydrogens (tertiary/aromatic N) is 1. The Morgan fingerprint density at radius 1 is 0.727 bits per heavy atom. The third-order valence-electron chi connectivity index (χ3n) is 6.70. The zero-order chi connectivity index (χ0) is 14.8. The fourth-order valence-corrected chi connectivity index (χ4v) is 5.59. The second-order valence-electron chi connectivity index (χ2n) is 8.08. The summed E-state index contributed by atoms with van der Waals surface area (Å²) in [6.45, 7) is 2.43. The molecule has 3 aliphatic carbocycles. The van der Waals surface area contributed by atoms with E-state index in [0.717, 1.165) is 12.1 Å². The van der Waals surface area contributed by atoms with Gasteiger partial charge in [0.2, 0.25) is 0 Å². The van der Waals surface area contributed by atoms with Crippen LogP contribution in [0.1, 0.15) is 77.0 Å². The van der Waals surface area contributed by atoms with Crippen LogP contribution < -0.4 is 5.32 Å². The number of hydrogen-bond acceptors (Lipinski definition) is 3. The van der Waals surface area contributed by atoms with E-state index >= 15 is 0 Å². The molecule has 4 fully saturated rings. The maximum atomic E-state index is 6.64. The first kappa shape index (κ1) is 15.4. The normalized spacial score (nSPS) is 41.5. The quantitative estimate of drug-likeness (QED) is 0.864. The molecule has 1 aliphatic heterocycles. The van der Waals surface area contributed by atoms with Gasteiger partial charge < -0.3 is 10.1 Å². The molecule has 4 rings (SSSR count). The molecule has 0 aromatic carbocycles. The number of nitrogens with one attached hydrogen (secondary N) is 1. The first-order valence-electron chi connectivity index (χ1n) is 10.1. The van der Waals surface area contributed by atoms with E-state index in [4.69, 9.17) is 4.74 Å². The van der Waals surface area contributed by atoms with Gasteiger partial charge in [-0.15, -0.1) is 0 Å². The van der Waals surface area contributed by atoms with Crippen molar-refractivity contribution in [3.63, 3.8) is 0 Å². The van der Waals surface area contributed by atoms with Crippen LogP contribution in [0.2, 0.25) is 0 Å². The van der Waals surface area contributed by atoms with Crippen LogP contribution >= 0.6 is 0 Å². The highest BCUT2D eigenvalue weighted by Gasteiger charge is 2.41. The highest BCUT2D eigenvalue weighted by atomic mass is 16.5. The Morgan fingerprint density at radius 2 is 1.41 bits per heavy atom. The number of fused-ring (bicyclic) bond motifs is 1. The molecule has 126 valence electrons. The van der Waals surface area contributed by atoms with Crippen molar-refractivity contribution in [1.29, 1.82) is 0 Å². The van der Waals surface area contributed by atoms with Crippen LogP contribution in [0.4, 0.5) is 0 Å². The molecular weight excluding hydrogens is 272 g/mol. The summed E-state index contributed by atoms with van der Waals surface area (Å²) in [6, 6.07) is 2.26. The standard InChI is InChI=1S/C19H34N2O/c1-2-8-15(7-1)22-19-12-6-5-11-18(19)21-14-13-20-16-9-3-4-10-17(16)21/h15-20H,1-14H2/t16-,17+,18+,19-/m1/s1. The van der Waals surface area contributed by atoms with Gasteiger partial charge in [0.15, 0.2) is 0 Å². The number of ether oxygens (including phenoxy) is 1. The van der Waals surface area contributed by atoms with E-state index in [-0.39, 0.29) is 0 Å². The van der Waals surface area contributed by atoms with Crippen molar-refractivity contribution in [1.82, 2.24) is 10.2 Å². The average Bonchev–Trinajstić information content (AvgIpc) is 3.08. The molecule has 0 amide bonds. The minimum Gasteiger partial charge on any atom is -0.373 e. The molecular formula is C19H34N2O. The molecule has 4 aliphatic rings. The molecule has 0 unspecified atom stereocenters. The Balaban J connectivity index is 1.45. The summed E-state index contributed by atoms with van der Waals surface area (Å²) in [5.74, 6) is 0. The van der Waals surface area contributed by atoms with Crippen molar-refractivity contribution < 1.29 is 4.74 Å². The van der Waals surface area contributed by atoms with Crippen LogP contribution in [0, 0.1) is 0 Å². The highest BCUT2D eigenvalue weighted by molar-refractivity contribution is 4.97. The van der Waals surface area contributed by atoms with E-state index < -0.39 is 0 Å². The molecule has 0 spiro atoms. The zero-order valence-electron chi connectivity index (χ0n) is 14.1. The molecule has 1 heterocycles. The fraction of sp³-hybridized carbons (Fsp3) is 1.00. The summed E-state index contributed by atoms with van der Waals surface area (Å²) in [4.78, 5) is 2.89. The largest absolute Gasteiger partial charge is 0.373 e. The minimum atomic E-state index is 0.525. The van der Waals surface area contributed by atoms with E-state index in [1.54, 1.807) is 0 Å². The van der Waals surface area contributed by atoms with Gasteiger partial charge in [0.25, 0.3) is 0 Å². The Hall–Kier alpha value is -0.120. The van der Waals surface area contributed by atoms with Gasteiger partial charge in [-0.25, -0.2) is 0 Å². The van der Waals surface area contributed by atoms with Crippen molar-refractivity contribution in [2.24, 2.45) is 0 Å². The molecule has 0 aromatic rings. The summed E-state index contributed by atoms with van der Waals surface area (Å²) in [6.07, 6.45) is 17.6. The third kappa shape index (κ3) is 3.22. The lowest BCUT2D eigenvalue weighted by Crippen LogP contribution is -2.64.